The number of amides is 1. The van der Waals surface area contributed by atoms with Crippen LogP contribution in [0.4, 0.5) is 10.1 Å². The molecule has 2 aromatic rings. The molecule has 0 bridgehead atoms. The van der Waals surface area contributed by atoms with Crippen molar-refractivity contribution in [1.29, 1.82) is 0 Å². The molecular formula is C17H15ClFNO4. The summed E-state index contributed by atoms with van der Waals surface area (Å²) >= 11 is 5.80. The molecule has 2 rings (SSSR count). The molecular weight excluding hydrogens is 337 g/mol. The van der Waals surface area contributed by atoms with E-state index in [4.69, 9.17) is 21.1 Å². The molecule has 0 unspecified atom stereocenters. The quantitative estimate of drug-likeness (QED) is 0.835. The van der Waals surface area contributed by atoms with Crippen molar-refractivity contribution in [3.05, 3.63) is 58.9 Å². The van der Waals surface area contributed by atoms with E-state index in [0.29, 0.717) is 11.4 Å². The highest BCUT2D eigenvalue weighted by Gasteiger charge is 2.23. The third-order valence-electron chi connectivity index (χ3n) is 3.18. The molecule has 24 heavy (non-hydrogen) atoms. The molecule has 0 aromatic heterocycles. The number of hydrogen-bond acceptors (Lipinski definition) is 4. The summed E-state index contributed by atoms with van der Waals surface area (Å²) in [4.78, 5) is 24.2. The van der Waals surface area contributed by atoms with E-state index in [1.54, 1.807) is 24.3 Å². The van der Waals surface area contributed by atoms with Gasteiger partial charge in [-0.3, -0.25) is 4.79 Å². The summed E-state index contributed by atoms with van der Waals surface area (Å²) in [5.74, 6) is -1.95. The minimum Gasteiger partial charge on any atom is -0.495 e. The van der Waals surface area contributed by atoms with Crippen LogP contribution in [-0.4, -0.2) is 25.1 Å². The molecule has 0 saturated heterocycles. The summed E-state index contributed by atoms with van der Waals surface area (Å²) in [6, 6.07) is 10.6. The van der Waals surface area contributed by atoms with Gasteiger partial charge in [0, 0.05) is 0 Å². The van der Waals surface area contributed by atoms with Crippen molar-refractivity contribution in [1.82, 2.24) is 0 Å². The molecule has 0 saturated carbocycles. The normalized spacial score (nSPS) is 11.5. The van der Waals surface area contributed by atoms with Crippen LogP contribution in [0.2, 0.25) is 5.02 Å². The van der Waals surface area contributed by atoms with Crippen molar-refractivity contribution in [2.75, 3.05) is 12.4 Å². The van der Waals surface area contributed by atoms with Crippen LogP contribution >= 0.6 is 11.6 Å². The molecule has 0 heterocycles. The fourth-order valence-electron chi connectivity index (χ4n) is 1.95. The van der Waals surface area contributed by atoms with Crippen molar-refractivity contribution >= 4 is 29.2 Å². The predicted molar refractivity (Wildman–Crippen MR) is 87.9 cm³/mol. The molecule has 7 heteroatoms. The Labute approximate surface area is 143 Å². The van der Waals surface area contributed by atoms with Gasteiger partial charge >= 0.3 is 5.97 Å². The van der Waals surface area contributed by atoms with Crippen molar-refractivity contribution in [3.63, 3.8) is 0 Å². The van der Waals surface area contributed by atoms with Crippen LogP contribution < -0.4 is 10.1 Å². The Balaban J connectivity index is 2.07. The molecule has 1 amide bonds. The molecule has 2 aromatic carbocycles. The number of anilines is 1. The lowest BCUT2D eigenvalue weighted by Gasteiger charge is -2.15. The van der Waals surface area contributed by atoms with E-state index in [2.05, 4.69) is 5.32 Å². The van der Waals surface area contributed by atoms with E-state index in [-0.39, 0.29) is 5.02 Å². The van der Waals surface area contributed by atoms with Crippen LogP contribution in [0.15, 0.2) is 42.5 Å². The second kappa shape index (κ2) is 7.79. The second-order valence-corrected chi connectivity index (χ2v) is 5.24. The summed E-state index contributed by atoms with van der Waals surface area (Å²) < 4.78 is 23.8. The first-order valence-corrected chi connectivity index (χ1v) is 7.40. The van der Waals surface area contributed by atoms with E-state index < -0.39 is 29.4 Å². The number of halogens is 2. The van der Waals surface area contributed by atoms with Crippen molar-refractivity contribution < 1.29 is 23.5 Å². The largest absolute Gasteiger partial charge is 0.495 e. The van der Waals surface area contributed by atoms with Crippen LogP contribution in [0.1, 0.15) is 17.3 Å². The van der Waals surface area contributed by atoms with E-state index in [0.717, 1.165) is 6.07 Å². The summed E-state index contributed by atoms with van der Waals surface area (Å²) in [5.41, 5.74) is 0.0212. The molecule has 5 nitrogen and oxygen atoms in total. The highest BCUT2D eigenvalue weighted by molar-refractivity contribution is 6.33. The third-order valence-corrected chi connectivity index (χ3v) is 3.50. The number of methoxy groups -OCH3 is 1. The number of para-hydroxylation sites is 2. The van der Waals surface area contributed by atoms with Crippen LogP contribution in [0, 0.1) is 5.82 Å². The molecule has 1 N–H and O–H groups in total. The smallest absolute Gasteiger partial charge is 0.343 e. The number of esters is 1. The van der Waals surface area contributed by atoms with Crippen molar-refractivity contribution in [2.45, 2.75) is 13.0 Å². The van der Waals surface area contributed by atoms with Gasteiger partial charge in [0.25, 0.3) is 5.91 Å². The van der Waals surface area contributed by atoms with Gasteiger partial charge in [0.1, 0.15) is 17.1 Å². The fourth-order valence-corrected chi connectivity index (χ4v) is 2.19. The van der Waals surface area contributed by atoms with Crippen LogP contribution in [0.25, 0.3) is 0 Å². The number of ether oxygens (including phenoxy) is 2. The van der Waals surface area contributed by atoms with E-state index in [1.165, 1.54) is 26.2 Å². The number of carbonyl (C=O) groups excluding carboxylic acids is 2. The Hall–Kier alpha value is -2.60. The zero-order chi connectivity index (χ0) is 17.7. The average Bonchev–Trinajstić information content (AvgIpc) is 2.55. The molecule has 0 aliphatic heterocycles. The van der Waals surface area contributed by atoms with Gasteiger partial charge in [-0.05, 0) is 31.2 Å². The van der Waals surface area contributed by atoms with Crippen molar-refractivity contribution in [2.24, 2.45) is 0 Å². The van der Waals surface area contributed by atoms with Gasteiger partial charge in [-0.1, -0.05) is 29.8 Å². The van der Waals surface area contributed by atoms with Gasteiger partial charge in [-0.2, -0.15) is 0 Å². The number of nitrogens with one attached hydrogen (secondary N) is 1. The zero-order valence-electron chi connectivity index (χ0n) is 13.0. The zero-order valence-corrected chi connectivity index (χ0v) is 13.8. The summed E-state index contributed by atoms with van der Waals surface area (Å²) in [6.45, 7) is 1.37. The van der Waals surface area contributed by atoms with E-state index in [1.807, 2.05) is 0 Å². The number of rotatable bonds is 5. The van der Waals surface area contributed by atoms with Crippen LogP contribution in [0.5, 0.6) is 5.75 Å². The van der Waals surface area contributed by atoms with Gasteiger partial charge in [0.05, 0.1) is 17.8 Å². The first kappa shape index (κ1) is 17.7. The maximum absolute atomic E-state index is 13.7. The predicted octanol–water partition coefficient (Wildman–Crippen LogP) is 3.67. The van der Waals surface area contributed by atoms with Gasteiger partial charge in [-0.15, -0.1) is 0 Å². The molecule has 126 valence electrons. The minimum atomic E-state index is -1.15. The second-order valence-electron chi connectivity index (χ2n) is 4.83. The Bertz CT molecular complexity index is 746. The fraction of sp³-hybridized carbons (Fsp3) is 0.176. The lowest BCUT2D eigenvalue weighted by molar-refractivity contribution is -0.123. The monoisotopic (exact) mass is 351 g/mol. The third kappa shape index (κ3) is 4.02. The molecule has 0 radical (unpaired) electrons. The van der Waals surface area contributed by atoms with E-state index >= 15 is 0 Å². The number of carbonyl (C=O) groups is 2. The SMILES string of the molecule is COc1ccccc1NC(=O)[C@H](C)OC(=O)c1c(F)cccc1Cl. The first-order chi connectivity index (χ1) is 11.4. The van der Waals surface area contributed by atoms with Gasteiger partial charge in [0.15, 0.2) is 6.10 Å². The van der Waals surface area contributed by atoms with Crippen LogP contribution in [-0.2, 0) is 9.53 Å². The maximum atomic E-state index is 13.7. The lowest BCUT2D eigenvalue weighted by Crippen LogP contribution is -2.30. The molecule has 0 spiro atoms. The standard InChI is InChI=1S/C17H15ClFNO4/c1-10(16(21)20-13-8-3-4-9-14(13)23-2)24-17(22)15-11(18)6-5-7-12(15)19/h3-10H,1-2H3,(H,20,21)/t10-/m0/s1. The minimum absolute atomic E-state index is 0.0858. The van der Waals surface area contributed by atoms with Crippen molar-refractivity contribution in [3.8, 4) is 5.75 Å². The molecule has 0 aliphatic carbocycles. The molecule has 0 aliphatic rings. The Morgan fingerprint density at radius 2 is 1.88 bits per heavy atom. The Morgan fingerprint density at radius 1 is 1.17 bits per heavy atom. The highest BCUT2D eigenvalue weighted by Crippen LogP contribution is 2.24. The summed E-state index contributed by atoms with van der Waals surface area (Å²) in [5, 5.41) is 2.49. The summed E-state index contributed by atoms with van der Waals surface area (Å²) in [7, 11) is 1.47. The molecule has 1 atom stereocenters. The first-order valence-electron chi connectivity index (χ1n) is 7.03. The Kier molecular flexibility index (Phi) is 5.76. The topological polar surface area (TPSA) is 64.6 Å². The number of hydrogen-bond donors (Lipinski definition) is 1. The highest BCUT2D eigenvalue weighted by atomic mass is 35.5. The number of benzene rings is 2. The average molecular weight is 352 g/mol. The van der Waals surface area contributed by atoms with Gasteiger partial charge < -0.3 is 14.8 Å². The van der Waals surface area contributed by atoms with Gasteiger partial charge in [0.2, 0.25) is 0 Å². The van der Waals surface area contributed by atoms with Crippen LogP contribution in [0.3, 0.4) is 0 Å². The van der Waals surface area contributed by atoms with Gasteiger partial charge in [-0.25, -0.2) is 9.18 Å². The Morgan fingerprint density at radius 3 is 2.54 bits per heavy atom. The summed E-state index contributed by atoms with van der Waals surface area (Å²) in [6.07, 6.45) is -1.15. The molecule has 0 fully saturated rings. The maximum Gasteiger partial charge on any atom is 0.343 e. The lowest BCUT2D eigenvalue weighted by atomic mass is 10.2. The van der Waals surface area contributed by atoms with E-state index in [9.17, 15) is 14.0 Å².